The van der Waals surface area contributed by atoms with Crippen LogP contribution < -0.4 is 10.9 Å². The first-order valence-corrected chi connectivity index (χ1v) is 7.13. The summed E-state index contributed by atoms with van der Waals surface area (Å²) >= 11 is 0. The fourth-order valence-corrected chi connectivity index (χ4v) is 2.94. The van der Waals surface area contributed by atoms with Gasteiger partial charge in [0.25, 0.3) is 5.56 Å². The molecule has 0 aliphatic carbocycles. The van der Waals surface area contributed by atoms with Gasteiger partial charge in [0.15, 0.2) is 0 Å². The molecule has 2 heterocycles. The predicted molar refractivity (Wildman–Crippen MR) is 77.7 cm³/mol. The highest BCUT2D eigenvalue weighted by Crippen LogP contribution is 2.35. The van der Waals surface area contributed by atoms with E-state index in [4.69, 9.17) is 0 Å². The smallest absolute Gasteiger partial charge is 0.310 e. The van der Waals surface area contributed by atoms with Crippen LogP contribution in [-0.2, 0) is 6.18 Å². The quantitative estimate of drug-likeness (QED) is 0.878. The molecule has 1 fully saturated rings. The van der Waals surface area contributed by atoms with E-state index in [0.717, 1.165) is 25.5 Å². The molecule has 2 aromatic rings. The number of nitrogens with one attached hydrogen (secondary N) is 1. The summed E-state index contributed by atoms with van der Waals surface area (Å²) in [5.74, 6) is 0. The molecular formula is C16H15F3N2O. The largest absolute Gasteiger partial charge is 0.417 e. The van der Waals surface area contributed by atoms with Crippen molar-refractivity contribution in [2.45, 2.75) is 32.0 Å². The Morgan fingerprint density at radius 3 is 2.73 bits per heavy atom. The number of fused-ring (bicyclic) bond motifs is 1. The number of alkyl halides is 3. The summed E-state index contributed by atoms with van der Waals surface area (Å²) < 4.78 is 39.7. The van der Waals surface area contributed by atoms with Crippen molar-refractivity contribution in [3.8, 4) is 0 Å². The molecule has 0 saturated carbocycles. The van der Waals surface area contributed by atoms with Gasteiger partial charge in [0.2, 0.25) is 0 Å². The zero-order valence-corrected chi connectivity index (χ0v) is 12.0. The second-order valence-corrected chi connectivity index (χ2v) is 5.53. The van der Waals surface area contributed by atoms with Crippen LogP contribution in [0.1, 0.15) is 35.6 Å². The van der Waals surface area contributed by atoms with Gasteiger partial charge in [0.05, 0.1) is 11.1 Å². The van der Waals surface area contributed by atoms with Crippen molar-refractivity contribution >= 4 is 10.9 Å². The van der Waals surface area contributed by atoms with Crippen LogP contribution in [-0.4, -0.2) is 11.5 Å². The predicted octanol–water partition coefficient (Wildman–Crippen LogP) is 3.35. The number of nitrogens with zero attached hydrogens (tertiary/aromatic N) is 1. The summed E-state index contributed by atoms with van der Waals surface area (Å²) in [6, 6.07) is 5.13. The average molecular weight is 308 g/mol. The van der Waals surface area contributed by atoms with Crippen molar-refractivity contribution in [3.05, 3.63) is 51.3 Å². The molecule has 3 nitrogen and oxygen atoms in total. The second kappa shape index (κ2) is 5.35. The van der Waals surface area contributed by atoms with Crippen LogP contribution in [0, 0.1) is 6.92 Å². The summed E-state index contributed by atoms with van der Waals surface area (Å²) in [6.45, 7) is 2.42. The Hall–Kier alpha value is -1.95. The normalized spacial score (nSPS) is 18.8. The molecule has 1 aliphatic heterocycles. The lowest BCUT2D eigenvalue weighted by Crippen LogP contribution is -2.17. The number of halogens is 3. The molecule has 1 unspecified atom stereocenters. The SMILES string of the molecule is Cc1c(C2CCCN2)cc2c(C(F)(F)F)cccc2nc1=O. The molecular weight excluding hydrogens is 293 g/mol. The fraction of sp³-hybridized carbons (Fsp3) is 0.375. The molecule has 0 bridgehead atoms. The first-order chi connectivity index (χ1) is 10.4. The van der Waals surface area contributed by atoms with Gasteiger partial charge in [-0.05, 0) is 50.1 Å². The fourth-order valence-electron chi connectivity index (χ4n) is 2.94. The van der Waals surface area contributed by atoms with Crippen LogP contribution in [0.5, 0.6) is 0 Å². The first-order valence-electron chi connectivity index (χ1n) is 7.13. The maximum Gasteiger partial charge on any atom is 0.417 e. The Morgan fingerprint density at radius 2 is 2.09 bits per heavy atom. The van der Waals surface area contributed by atoms with Crippen LogP contribution in [0.25, 0.3) is 10.9 Å². The Morgan fingerprint density at radius 1 is 1.32 bits per heavy atom. The first kappa shape index (κ1) is 15.0. The van der Waals surface area contributed by atoms with E-state index in [2.05, 4.69) is 10.3 Å². The van der Waals surface area contributed by atoms with Crippen molar-refractivity contribution in [2.75, 3.05) is 6.54 Å². The molecule has 1 aromatic heterocycles. The molecule has 1 N–H and O–H groups in total. The molecule has 0 amide bonds. The topological polar surface area (TPSA) is 42.0 Å². The Kier molecular flexibility index (Phi) is 3.64. The third kappa shape index (κ3) is 2.59. The Labute approximate surface area is 125 Å². The number of rotatable bonds is 1. The van der Waals surface area contributed by atoms with Crippen LogP contribution in [0.2, 0.25) is 0 Å². The average Bonchev–Trinajstić information content (AvgIpc) is 2.93. The maximum absolute atomic E-state index is 13.2. The minimum absolute atomic E-state index is 0.0242. The Bertz CT molecular complexity index is 781. The minimum Gasteiger partial charge on any atom is -0.310 e. The lowest BCUT2D eigenvalue weighted by Gasteiger charge is -2.12. The highest BCUT2D eigenvalue weighted by atomic mass is 19.4. The molecule has 1 atom stereocenters. The van der Waals surface area contributed by atoms with E-state index in [9.17, 15) is 18.0 Å². The number of aromatic nitrogens is 1. The molecule has 0 radical (unpaired) electrons. The molecule has 22 heavy (non-hydrogen) atoms. The van der Waals surface area contributed by atoms with Crippen molar-refractivity contribution in [1.82, 2.24) is 10.3 Å². The van der Waals surface area contributed by atoms with Gasteiger partial charge in [-0.25, -0.2) is 4.98 Å². The van der Waals surface area contributed by atoms with Gasteiger partial charge in [-0.15, -0.1) is 0 Å². The van der Waals surface area contributed by atoms with E-state index in [1.54, 1.807) is 6.92 Å². The van der Waals surface area contributed by atoms with E-state index < -0.39 is 17.3 Å². The zero-order valence-electron chi connectivity index (χ0n) is 12.0. The van der Waals surface area contributed by atoms with E-state index in [1.807, 2.05) is 0 Å². The van der Waals surface area contributed by atoms with Crippen molar-refractivity contribution in [1.29, 1.82) is 0 Å². The molecule has 3 rings (SSSR count). The molecule has 0 spiro atoms. The zero-order chi connectivity index (χ0) is 15.9. The monoisotopic (exact) mass is 308 g/mol. The number of benzene rings is 1. The Balaban J connectivity index is 2.37. The standard InChI is InChI=1S/C16H15F3N2O/c1-9-10(13-6-3-7-20-13)8-11-12(16(17,18)19)4-2-5-14(11)21-15(9)22/h2,4-5,8,13,20H,3,6-7H2,1H3. The van der Waals surface area contributed by atoms with Crippen molar-refractivity contribution in [2.24, 2.45) is 0 Å². The van der Waals surface area contributed by atoms with E-state index in [1.165, 1.54) is 18.2 Å². The summed E-state index contributed by atoms with van der Waals surface area (Å²) in [4.78, 5) is 16.0. The van der Waals surface area contributed by atoms with E-state index >= 15 is 0 Å². The van der Waals surface area contributed by atoms with E-state index in [0.29, 0.717) is 11.1 Å². The minimum atomic E-state index is -4.48. The van der Waals surface area contributed by atoms with Gasteiger partial charge in [-0.3, -0.25) is 4.79 Å². The van der Waals surface area contributed by atoms with Crippen molar-refractivity contribution < 1.29 is 13.2 Å². The molecule has 1 aliphatic rings. The van der Waals surface area contributed by atoms with E-state index in [-0.39, 0.29) is 16.9 Å². The molecule has 116 valence electrons. The van der Waals surface area contributed by atoms with Gasteiger partial charge < -0.3 is 5.32 Å². The number of hydrogen-bond acceptors (Lipinski definition) is 3. The summed E-state index contributed by atoms with van der Waals surface area (Å²) in [5, 5.41) is 3.21. The second-order valence-electron chi connectivity index (χ2n) is 5.53. The van der Waals surface area contributed by atoms with Gasteiger partial charge in [0, 0.05) is 17.0 Å². The van der Waals surface area contributed by atoms with Crippen LogP contribution in [0.15, 0.2) is 29.1 Å². The lowest BCUT2D eigenvalue weighted by molar-refractivity contribution is -0.136. The van der Waals surface area contributed by atoms with Crippen molar-refractivity contribution in [3.63, 3.8) is 0 Å². The summed E-state index contributed by atoms with van der Waals surface area (Å²) in [7, 11) is 0. The lowest BCUT2D eigenvalue weighted by atomic mass is 10.00. The summed E-state index contributed by atoms with van der Waals surface area (Å²) in [5.41, 5.74) is -0.137. The van der Waals surface area contributed by atoms with Crippen LogP contribution in [0.4, 0.5) is 13.2 Å². The van der Waals surface area contributed by atoms with Crippen LogP contribution in [0.3, 0.4) is 0 Å². The summed E-state index contributed by atoms with van der Waals surface area (Å²) in [6.07, 6.45) is -2.73. The molecule has 1 saturated heterocycles. The highest BCUT2D eigenvalue weighted by Gasteiger charge is 2.33. The van der Waals surface area contributed by atoms with Gasteiger partial charge in [0.1, 0.15) is 0 Å². The van der Waals surface area contributed by atoms with Gasteiger partial charge in [-0.2, -0.15) is 13.2 Å². The number of hydrogen-bond donors (Lipinski definition) is 1. The highest BCUT2D eigenvalue weighted by molar-refractivity contribution is 5.83. The molecule has 6 heteroatoms. The third-order valence-corrected chi connectivity index (χ3v) is 4.10. The van der Waals surface area contributed by atoms with Gasteiger partial charge >= 0.3 is 6.18 Å². The van der Waals surface area contributed by atoms with Crippen LogP contribution >= 0.6 is 0 Å². The van der Waals surface area contributed by atoms with Gasteiger partial charge in [-0.1, -0.05) is 6.07 Å². The third-order valence-electron chi connectivity index (χ3n) is 4.10. The molecule has 1 aromatic carbocycles. The maximum atomic E-state index is 13.2.